The number of pyridine rings is 1. The molecule has 0 aliphatic heterocycles. The Bertz CT molecular complexity index is 439. The highest BCUT2D eigenvalue weighted by molar-refractivity contribution is 5.46. The summed E-state index contributed by atoms with van der Waals surface area (Å²) in [5, 5.41) is 9.36. The Kier molecular flexibility index (Phi) is 3.19. The second kappa shape index (κ2) is 4.49. The lowest BCUT2D eigenvalue weighted by atomic mass is 9.93. The van der Waals surface area contributed by atoms with E-state index in [1.165, 1.54) is 18.4 Å². The van der Waals surface area contributed by atoms with Crippen LogP contribution in [0.15, 0.2) is 6.07 Å². The Morgan fingerprint density at radius 1 is 1.24 bits per heavy atom. The van der Waals surface area contributed by atoms with E-state index in [4.69, 9.17) is 4.98 Å². The van der Waals surface area contributed by atoms with Crippen LogP contribution in [-0.2, 0) is 0 Å². The maximum atomic E-state index is 9.36. The molecule has 17 heavy (non-hydrogen) atoms. The van der Waals surface area contributed by atoms with Crippen molar-refractivity contribution in [2.45, 2.75) is 58.3 Å². The van der Waals surface area contributed by atoms with Crippen LogP contribution in [0, 0.1) is 11.3 Å². The van der Waals surface area contributed by atoms with Crippen LogP contribution in [0.5, 0.6) is 0 Å². The van der Waals surface area contributed by atoms with Crippen molar-refractivity contribution in [3.63, 3.8) is 0 Å². The van der Waals surface area contributed by atoms with Crippen LogP contribution in [0.25, 0.3) is 0 Å². The molecule has 1 aromatic rings. The van der Waals surface area contributed by atoms with Gasteiger partial charge in [-0.1, -0.05) is 27.7 Å². The molecule has 0 bridgehead atoms. The van der Waals surface area contributed by atoms with Gasteiger partial charge in [-0.3, -0.25) is 4.98 Å². The minimum atomic E-state index is 0.391. The summed E-state index contributed by atoms with van der Waals surface area (Å²) >= 11 is 0. The molecule has 0 spiro atoms. The summed E-state index contributed by atoms with van der Waals surface area (Å²) in [6, 6.07) is 4.50. The molecule has 1 aliphatic carbocycles. The first-order valence-corrected chi connectivity index (χ1v) is 6.49. The molecule has 1 fully saturated rings. The monoisotopic (exact) mass is 228 g/mol. The van der Waals surface area contributed by atoms with Gasteiger partial charge in [-0.05, 0) is 36.3 Å². The van der Waals surface area contributed by atoms with Gasteiger partial charge in [0.05, 0.1) is 11.3 Å². The second-order valence-electron chi connectivity index (χ2n) is 5.59. The fourth-order valence-electron chi connectivity index (χ4n) is 2.13. The Morgan fingerprint density at radius 3 is 2.29 bits per heavy atom. The zero-order chi connectivity index (χ0) is 12.6. The van der Waals surface area contributed by atoms with Crippen molar-refractivity contribution >= 4 is 0 Å². The highest BCUT2D eigenvalue weighted by Crippen LogP contribution is 2.42. The summed E-state index contributed by atoms with van der Waals surface area (Å²) in [4.78, 5) is 4.73. The highest BCUT2D eigenvalue weighted by atomic mass is 14.7. The summed E-state index contributed by atoms with van der Waals surface area (Å²) in [6.07, 6.45) is 2.39. The van der Waals surface area contributed by atoms with Gasteiger partial charge >= 0.3 is 0 Å². The van der Waals surface area contributed by atoms with E-state index in [2.05, 4.69) is 39.8 Å². The lowest BCUT2D eigenvalue weighted by Gasteiger charge is -2.15. The normalized spacial score (nSPS) is 15.4. The van der Waals surface area contributed by atoms with Gasteiger partial charge in [0, 0.05) is 11.6 Å². The molecule has 1 heterocycles. The Hall–Kier alpha value is -1.36. The molecule has 0 unspecified atom stereocenters. The van der Waals surface area contributed by atoms with Crippen molar-refractivity contribution in [3.8, 4) is 6.07 Å². The molecule has 0 aromatic carbocycles. The van der Waals surface area contributed by atoms with Crippen molar-refractivity contribution < 1.29 is 0 Å². The van der Waals surface area contributed by atoms with Crippen LogP contribution in [0.2, 0.25) is 0 Å². The average Bonchev–Trinajstić information content (AvgIpc) is 3.10. The van der Waals surface area contributed by atoms with Crippen LogP contribution in [0.1, 0.15) is 80.8 Å². The number of nitriles is 1. The predicted molar refractivity (Wildman–Crippen MR) is 69.1 cm³/mol. The number of nitrogens with zero attached hydrogens (tertiary/aromatic N) is 2. The minimum Gasteiger partial charge on any atom is -0.256 e. The van der Waals surface area contributed by atoms with Crippen LogP contribution in [-0.4, -0.2) is 4.98 Å². The van der Waals surface area contributed by atoms with Crippen LogP contribution in [0.4, 0.5) is 0 Å². The smallest absolute Gasteiger partial charge is 0.101 e. The summed E-state index contributed by atoms with van der Waals surface area (Å²) in [6.45, 7) is 8.62. The van der Waals surface area contributed by atoms with Gasteiger partial charge in [0.15, 0.2) is 0 Å². The molecule has 2 heteroatoms. The van der Waals surface area contributed by atoms with Gasteiger partial charge in [-0.25, -0.2) is 0 Å². The minimum absolute atomic E-state index is 0.391. The molecule has 0 radical (unpaired) electrons. The molecule has 1 aromatic heterocycles. The van der Waals surface area contributed by atoms with Gasteiger partial charge < -0.3 is 0 Å². The SMILES string of the molecule is CC(C)c1cc(C(C)C)c(C#N)c(C2CC2)n1. The maximum Gasteiger partial charge on any atom is 0.101 e. The standard InChI is InChI=1S/C15H20N2/c1-9(2)12-7-14(10(3)4)17-15(11-5-6-11)13(12)8-16/h7,9-11H,5-6H2,1-4H3. The molecule has 2 nitrogen and oxygen atoms in total. The molecule has 0 amide bonds. The van der Waals surface area contributed by atoms with Crippen molar-refractivity contribution in [2.24, 2.45) is 0 Å². The van der Waals surface area contributed by atoms with E-state index in [0.29, 0.717) is 17.8 Å². The number of hydrogen-bond donors (Lipinski definition) is 0. The van der Waals surface area contributed by atoms with E-state index in [9.17, 15) is 5.26 Å². The number of rotatable bonds is 3. The lowest BCUT2D eigenvalue weighted by molar-refractivity contribution is 0.777. The van der Waals surface area contributed by atoms with E-state index in [1.54, 1.807) is 0 Å². The average molecular weight is 228 g/mol. The number of hydrogen-bond acceptors (Lipinski definition) is 2. The van der Waals surface area contributed by atoms with Gasteiger partial charge in [-0.2, -0.15) is 5.26 Å². The molecule has 1 saturated carbocycles. The van der Waals surface area contributed by atoms with Gasteiger partial charge in [0.2, 0.25) is 0 Å². The Balaban J connectivity index is 2.60. The zero-order valence-electron chi connectivity index (χ0n) is 11.1. The van der Waals surface area contributed by atoms with Crippen LogP contribution < -0.4 is 0 Å². The van der Waals surface area contributed by atoms with Gasteiger partial charge in [0.25, 0.3) is 0 Å². The van der Waals surface area contributed by atoms with Gasteiger partial charge in [0.1, 0.15) is 6.07 Å². The van der Waals surface area contributed by atoms with Crippen LogP contribution in [0.3, 0.4) is 0 Å². The first-order chi connectivity index (χ1) is 8.04. The van der Waals surface area contributed by atoms with Crippen molar-refractivity contribution in [1.82, 2.24) is 4.98 Å². The zero-order valence-corrected chi connectivity index (χ0v) is 11.1. The molecule has 2 rings (SSSR count). The van der Waals surface area contributed by atoms with E-state index >= 15 is 0 Å². The van der Waals surface area contributed by atoms with Crippen molar-refractivity contribution in [1.29, 1.82) is 5.26 Å². The molecule has 1 aliphatic rings. The summed E-state index contributed by atoms with van der Waals surface area (Å²) < 4.78 is 0. The lowest BCUT2D eigenvalue weighted by Crippen LogP contribution is -2.05. The molecule has 0 atom stereocenters. The fourth-order valence-corrected chi connectivity index (χ4v) is 2.13. The van der Waals surface area contributed by atoms with E-state index < -0.39 is 0 Å². The Labute approximate surface area is 104 Å². The van der Waals surface area contributed by atoms with Crippen molar-refractivity contribution in [2.75, 3.05) is 0 Å². The fraction of sp³-hybridized carbons (Fsp3) is 0.600. The van der Waals surface area contributed by atoms with Gasteiger partial charge in [-0.15, -0.1) is 0 Å². The first kappa shape index (κ1) is 12.1. The van der Waals surface area contributed by atoms with Crippen LogP contribution >= 0.6 is 0 Å². The third kappa shape index (κ3) is 2.34. The molecular formula is C15H20N2. The second-order valence-corrected chi connectivity index (χ2v) is 5.59. The topological polar surface area (TPSA) is 36.7 Å². The predicted octanol–water partition coefficient (Wildman–Crippen LogP) is 4.08. The largest absolute Gasteiger partial charge is 0.256 e. The first-order valence-electron chi connectivity index (χ1n) is 6.49. The summed E-state index contributed by atoms with van der Waals surface area (Å²) in [7, 11) is 0. The third-order valence-electron chi connectivity index (χ3n) is 3.39. The maximum absolute atomic E-state index is 9.36. The summed E-state index contributed by atoms with van der Waals surface area (Å²) in [5.41, 5.74) is 4.21. The van der Waals surface area contributed by atoms with Crippen molar-refractivity contribution in [3.05, 3.63) is 28.6 Å². The quantitative estimate of drug-likeness (QED) is 0.781. The van der Waals surface area contributed by atoms with E-state index in [0.717, 1.165) is 17.0 Å². The summed E-state index contributed by atoms with van der Waals surface area (Å²) in [5.74, 6) is 1.36. The third-order valence-corrected chi connectivity index (χ3v) is 3.39. The molecule has 90 valence electrons. The molecule has 0 saturated heterocycles. The highest BCUT2D eigenvalue weighted by Gasteiger charge is 2.30. The number of aromatic nitrogens is 1. The van der Waals surface area contributed by atoms with E-state index in [1.807, 2.05) is 0 Å². The van der Waals surface area contributed by atoms with E-state index in [-0.39, 0.29) is 0 Å². The molecule has 0 N–H and O–H groups in total. The molecular weight excluding hydrogens is 208 g/mol. The Morgan fingerprint density at radius 2 is 1.88 bits per heavy atom.